The Balaban J connectivity index is 0.000000152. The zero-order chi connectivity index (χ0) is 21.9. The SMILES string of the molecule is CCc1ccc(-c2cc3ccccc3[cH-]2)o1.CCc1ccc(-c2cc3ccccc3[cH-]2)o1.[Zr+2]. The van der Waals surface area contributed by atoms with Crippen LogP contribution in [0.2, 0.25) is 0 Å². The van der Waals surface area contributed by atoms with E-state index in [0.29, 0.717) is 0 Å². The molecule has 0 aliphatic carbocycles. The van der Waals surface area contributed by atoms with Crippen LogP contribution in [-0.4, -0.2) is 0 Å². The largest absolute Gasteiger partial charge is 2.00 e. The van der Waals surface area contributed by atoms with Gasteiger partial charge in [-0.3, -0.25) is 0 Å². The molecular weight excluding hydrogens is 484 g/mol. The molecular formula is C30H26O2Zr. The summed E-state index contributed by atoms with van der Waals surface area (Å²) in [7, 11) is 0. The summed E-state index contributed by atoms with van der Waals surface area (Å²) in [5, 5.41) is 5.08. The van der Waals surface area contributed by atoms with Crippen molar-refractivity contribution in [1.82, 2.24) is 0 Å². The fourth-order valence-electron chi connectivity index (χ4n) is 4.03. The van der Waals surface area contributed by atoms with Crippen molar-refractivity contribution in [3.05, 3.63) is 109 Å². The summed E-state index contributed by atoms with van der Waals surface area (Å²) in [6.07, 6.45) is 1.89. The zero-order valence-electron chi connectivity index (χ0n) is 19.0. The first-order chi connectivity index (χ1) is 15.7. The van der Waals surface area contributed by atoms with Gasteiger partial charge in [-0.25, -0.2) is 0 Å². The molecule has 0 unspecified atom stereocenters. The van der Waals surface area contributed by atoms with Crippen LogP contribution in [0.4, 0.5) is 0 Å². The summed E-state index contributed by atoms with van der Waals surface area (Å²) >= 11 is 0. The maximum absolute atomic E-state index is 5.75. The summed E-state index contributed by atoms with van der Waals surface area (Å²) in [5.74, 6) is 4.02. The van der Waals surface area contributed by atoms with Crippen molar-refractivity contribution in [3.8, 4) is 22.6 Å². The Morgan fingerprint density at radius 2 is 1.00 bits per heavy atom. The molecule has 162 valence electrons. The van der Waals surface area contributed by atoms with Crippen LogP contribution in [0.5, 0.6) is 0 Å². The van der Waals surface area contributed by atoms with Crippen molar-refractivity contribution in [3.63, 3.8) is 0 Å². The van der Waals surface area contributed by atoms with Crippen molar-refractivity contribution < 1.29 is 35.0 Å². The van der Waals surface area contributed by atoms with Crippen LogP contribution in [-0.2, 0) is 39.0 Å². The number of furan rings is 2. The van der Waals surface area contributed by atoms with Gasteiger partial charge in [-0.15, -0.1) is 57.9 Å². The third kappa shape index (κ3) is 5.04. The summed E-state index contributed by atoms with van der Waals surface area (Å²) in [6.45, 7) is 4.20. The number of rotatable bonds is 4. The van der Waals surface area contributed by atoms with E-state index >= 15 is 0 Å². The predicted molar refractivity (Wildman–Crippen MR) is 133 cm³/mol. The van der Waals surface area contributed by atoms with Crippen molar-refractivity contribution in [1.29, 1.82) is 0 Å². The Hall–Kier alpha value is -2.90. The van der Waals surface area contributed by atoms with Crippen molar-refractivity contribution in [2.24, 2.45) is 0 Å². The van der Waals surface area contributed by atoms with Gasteiger partial charge < -0.3 is 8.83 Å². The van der Waals surface area contributed by atoms with Gasteiger partial charge in [0.1, 0.15) is 0 Å². The molecule has 0 amide bonds. The third-order valence-electron chi connectivity index (χ3n) is 5.83. The Morgan fingerprint density at radius 1 is 0.576 bits per heavy atom. The predicted octanol–water partition coefficient (Wildman–Crippen LogP) is 8.76. The Morgan fingerprint density at radius 3 is 1.36 bits per heavy atom. The molecule has 4 aromatic carbocycles. The van der Waals surface area contributed by atoms with Gasteiger partial charge in [-0.2, -0.15) is 0 Å². The van der Waals surface area contributed by atoms with Gasteiger partial charge in [-0.05, 0) is 24.3 Å². The van der Waals surface area contributed by atoms with Crippen LogP contribution in [0.15, 0.2) is 106 Å². The molecule has 6 rings (SSSR count). The van der Waals surface area contributed by atoms with E-state index in [1.165, 1.54) is 32.7 Å². The van der Waals surface area contributed by atoms with E-state index in [0.717, 1.165) is 35.9 Å². The number of fused-ring (bicyclic) bond motifs is 2. The standard InChI is InChI=1S/2C15H13O.Zr/c2*1-2-14-7-8-15(16-14)13-9-11-5-3-4-6-12(11)10-13;/h2*3-10H,2H2,1H3;/q2*-1;+2. The van der Waals surface area contributed by atoms with E-state index in [2.05, 4.69) is 86.6 Å². The summed E-state index contributed by atoms with van der Waals surface area (Å²) in [6, 6.07) is 33.6. The number of benzene rings is 2. The van der Waals surface area contributed by atoms with Crippen LogP contribution < -0.4 is 0 Å². The van der Waals surface area contributed by atoms with Gasteiger partial charge in [0.25, 0.3) is 0 Å². The van der Waals surface area contributed by atoms with Crippen LogP contribution in [0.25, 0.3) is 44.2 Å². The first-order valence-electron chi connectivity index (χ1n) is 11.2. The maximum Gasteiger partial charge on any atom is 2.00 e. The molecule has 0 spiro atoms. The molecule has 0 bridgehead atoms. The first-order valence-corrected chi connectivity index (χ1v) is 11.2. The van der Waals surface area contributed by atoms with E-state index in [1.807, 2.05) is 24.3 Å². The monoisotopic (exact) mass is 508 g/mol. The van der Waals surface area contributed by atoms with Gasteiger partial charge in [0, 0.05) is 12.8 Å². The molecule has 0 radical (unpaired) electrons. The molecule has 0 saturated carbocycles. The summed E-state index contributed by atoms with van der Waals surface area (Å²) in [4.78, 5) is 0. The first kappa shape index (κ1) is 23.3. The third-order valence-corrected chi connectivity index (χ3v) is 5.83. The Labute approximate surface area is 213 Å². The summed E-state index contributed by atoms with van der Waals surface area (Å²) in [5.41, 5.74) is 2.34. The molecule has 0 N–H and O–H groups in total. The van der Waals surface area contributed by atoms with E-state index in [-0.39, 0.29) is 26.2 Å². The number of hydrogen-bond donors (Lipinski definition) is 0. The summed E-state index contributed by atoms with van der Waals surface area (Å²) < 4.78 is 11.5. The van der Waals surface area contributed by atoms with E-state index < -0.39 is 0 Å². The molecule has 33 heavy (non-hydrogen) atoms. The van der Waals surface area contributed by atoms with E-state index in [1.54, 1.807) is 0 Å². The van der Waals surface area contributed by atoms with Crippen LogP contribution in [0.3, 0.4) is 0 Å². The smallest absolute Gasteiger partial charge is 0.496 e. The maximum atomic E-state index is 5.75. The topological polar surface area (TPSA) is 26.3 Å². The molecule has 6 aromatic rings. The van der Waals surface area contributed by atoms with E-state index in [4.69, 9.17) is 8.83 Å². The van der Waals surface area contributed by atoms with Crippen molar-refractivity contribution in [2.75, 3.05) is 0 Å². The fraction of sp³-hybridized carbons (Fsp3) is 0.133. The van der Waals surface area contributed by atoms with Gasteiger partial charge in [0.2, 0.25) is 0 Å². The molecule has 0 atom stereocenters. The van der Waals surface area contributed by atoms with Gasteiger partial charge in [0.15, 0.2) is 0 Å². The second kappa shape index (κ2) is 10.4. The Bertz CT molecular complexity index is 1280. The minimum atomic E-state index is 0. The van der Waals surface area contributed by atoms with Crippen LogP contribution in [0, 0.1) is 0 Å². The van der Waals surface area contributed by atoms with Crippen LogP contribution in [0.1, 0.15) is 25.4 Å². The minimum absolute atomic E-state index is 0. The fourth-order valence-corrected chi connectivity index (χ4v) is 4.03. The number of hydrogen-bond acceptors (Lipinski definition) is 2. The normalized spacial score (nSPS) is 10.7. The molecule has 0 fully saturated rings. The molecule has 2 heterocycles. The van der Waals surface area contributed by atoms with Crippen molar-refractivity contribution in [2.45, 2.75) is 26.7 Å². The molecule has 2 aromatic heterocycles. The Kier molecular flexibility index (Phi) is 7.30. The zero-order valence-corrected chi connectivity index (χ0v) is 21.4. The van der Waals surface area contributed by atoms with Crippen LogP contribution >= 0.6 is 0 Å². The quantitative estimate of drug-likeness (QED) is 0.222. The molecule has 0 aliphatic heterocycles. The van der Waals surface area contributed by atoms with Crippen molar-refractivity contribution >= 4 is 21.5 Å². The van der Waals surface area contributed by atoms with Gasteiger partial charge in [0.05, 0.1) is 23.0 Å². The average molecular weight is 510 g/mol. The van der Waals surface area contributed by atoms with Gasteiger partial charge in [-0.1, -0.05) is 61.4 Å². The molecule has 0 saturated heterocycles. The minimum Gasteiger partial charge on any atom is -0.496 e. The molecule has 2 nitrogen and oxygen atoms in total. The second-order valence-corrected chi connectivity index (χ2v) is 7.98. The number of aryl methyl sites for hydroxylation is 2. The van der Waals surface area contributed by atoms with E-state index in [9.17, 15) is 0 Å². The average Bonchev–Trinajstić information content (AvgIpc) is 3.62. The van der Waals surface area contributed by atoms with Gasteiger partial charge >= 0.3 is 26.2 Å². The molecule has 3 heteroatoms. The molecule has 0 aliphatic rings. The second-order valence-electron chi connectivity index (χ2n) is 7.98.